The number of carboxylic acid groups (broad SMARTS) is 1. The largest absolute Gasteiger partial charge is 0.493 e. The van der Waals surface area contributed by atoms with Crippen LogP contribution in [0.1, 0.15) is 59.0 Å². The summed E-state index contributed by atoms with van der Waals surface area (Å²) in [5.41, 5.74) is 6.71. The Bertz CT molecular complexity index is 2110. The number of hydrogen-bond acceptors (Lipinski definition) is 6. The lowest BCUT2D eigenvalue weighted by molar-refractivity contribution is 0.0684. The number of ether oxygens (including phenoxy) is 2. The van der Waals surface area contributed by atoms with E-state index in [0.717, 1.165) is 79.8 Å². The fraction of sp³-hybridized carbons (Fsp3) is 0.308. The molecule has 0 spiro atoms. The highest BCUT2D eigenvalue weighted by Crippen LogP contribution is 2.43. The summed E-state index contributed by atoms with van der Waals surface area (Å²) in [7, 11) is 1.89. The first-order valence-corrected chi connectivity index (χ1v) is 17.1. The van der Waals surface area contributed by atoms with Crippen molar-refractivity contribution in [2.45, 2.75) is 53.4 Å². The highest BCUT2D eigenvalue weighted by molar-refractivity contribution is 6.35. The third kappa shape index (κ3) is 6.92. The quantitative estimate of drug-likeness (QED) is 0.157. The smallest absolute Gasteiger partial charge is 0.352 e. The molecule has 0 aliphatic carbocycles. The van der Waals surface area contributed by atoms with Crippen molar-refractivity contribution in [1.82, 2.24) is 24.6 Å². The molecule has 0 amide bonds. The second kappa shape index (κ2) is 15.2. The lowest BCUT2D eigenvalue weighted by Gasteiger charge is -2.14. The number of pyridine rings is 1. The Labute approximate surface area is 291 Å². The molecule has 6 aromatic rings. The fourth-order valence-electron chi connectivity index (χ4n) is 6.65. The first-order chi connectivity index (χ1) is 23.8. The lowest BCUT2D eigenvalue weighted by atomic mass is 9.98. The van der Waals surface area contributed by atoms with Crippen molar-refractivity contribution in [3.05, 3.63) is 112 Å². The van der Waals surface area contributed by atoms with Gasteiger partial charge in [0.25, 0.3) is 0 Å². The Balaban J connectivity index is 0.000000778. The number of carbonyl (C=O) groups is 1. The van der Waals surface area contributed by atoms with Gasteiger partial charge >= 0.3 is 5.97 Å². The molecule has 0 saturated heterocycles. The Hall–Kier alpha value is -4.70. The zero-order valence-electron chi connectivity index (χ0n) is 28.4. The number of fused-ring (bicyclic) bond motifs is 4. The van der Waals surface area contributed by atoms with Crippen molar-refractivity contribution in [1.29, 1.82) is 0 Å². The van der Waals surface area contributed by atoms with Crippen LogP contribution < -0.4 is 10.1 Å². The van der Waals surface area contributed by atoms with Gasteiger partial charge in [-0.05, 0) is 67.6 Å². The number of aryl methyl sites for hydroxylation is 2. The number of halogens is 1. The minimum absolute atomic E-state index is 0.242. The van der Waals surface area contributed by atoms with Gasteiger partial charge in [-0.1, -0.05) is 74.0 Å². The number of aromatic carboxylic acids is 1. The van der Waals surface area contributed by atoms with Crippen LogP contribution in [-0.4, -0.2) is 50.1 Å². The van der Waals surface area contributed by atoms with Crippen molar-refractivity contribution >= 4 is 39.2 Å². The van der Waals surface area contributed by atoms with Crippen LogP contribution in [0.2, 0.25) is 5.02 Å². The Kier molecular flexibility index (Phi) is 10.6. The number of hydrogen-bond donors (Lipinski definition) is 2. The van der Waals surface area contributed by atoms with Gasteiger partial charge < -0.3 is 24.5 Å². The molecule has 0 radical (unpaired) electrons. The second-order valence-electron chi connectivity index (χ2n) is 12.1. The fourth-order valence-corrected chi connectivity index (χ4v) is 6.90. The van der Waals surface area contributed by atoms with E-state index in [1.807, 2.05) is 77.8 Å². The zero-order valence-corrected chi connectivity index (χ0v) is 29.2. The van der Waals surface area contributed by atoms with Gasteiger partial charge in [0.05, 0.1) is 48.3 Å². The van der Waals surface area contributed by atoms with Crippen molar-refractivity contribution < 1.29 is 19.4 Å². The van der Waals surface area contributed by atoms with Gasteiger partial charge in [0, 0.05) is 40.8 Å². The lowest BCUT2D eigenvalue weighted by Crippen LogP contribution is -2.14. The zero-order chi connectivity index (χ0) is 34.5. The standard InChI is InChI=1S/C35H31ClN4O4.C4H11N/c1-21-31-29(38-39(21)2)20-43-19-28-23(10-6-16-37-28)18-40-33-26(14-15-27(36)32(31)33)25(34(40)35(41)42)12-7-17-44-30-13-5-9-22-8-3-4-11-24(22)30;1-3-5-4-2/h3-6,8-11,13-16H,7,12,17-20H2,1-2H3,(H,41,42);5H,3-4H2,1-2H3. The molecule has 0 saturated carbocycles. The summed E-state index contributed by atoms with van der Waals surface area (Å²) in [4.78, 5) is 17.7. The molecule has 3 aromatic carbocycles. The molecular weight excluding hydrogens is 638 g/mol. The van der Waals surface area contributed by atoms with E-state index in [0.29, 0.717) is 31.0 Å². The molecule has 49 heavy (non-hydrogen) atoms. The molecule has 0 unspecified atom stereocenters. The third-order valence-corrected chi connectivity index (χ3v) is 9.32. The number of rotatable bonds is 8. The Morgan fingerprint density at radius 3 is 2.53 bits per heavy atom. The number of nitrogens with one attached hydrogen (secondary N) is 1. The van der Waals surface area contributed by atoms with Crippen LogP contribution in [0.15, 0.2) is 72.9 Å². The van der Waals surface area contributed by atoms with E-state index in [1.54, 1.807) is 6.20 Å². The number of nitrogens with zero attached hydrogens (tertiary/aromatic N) is 4. The van der Waals surface area contributed by atoms with Crippen molar-refractivity contribution in [3.63, 3.8) is 0 Å². The second-order valence-corrected chi connectivity index (χ2v) is 12.5. The van der Waals surface area contributed by atoms with E-state index in [4.69, 9.17) is 26.2 Å². The molecule has 3 aromatic heterocycles. The highest BCUT2D eigenvalue weighted by Gasteiger charge is 2.29. The van der Waals surface area contributed by atoms with Gasteiger partial charge in [-0.3, -0.25) is 9.67 Å². The summed E-state index contributed by atoms with van der Waals surface area (Å²) in [6.45, 7) is 9.67. The van der Waals surface area contributed by atoms with Crippen LogP contribution >= 0.6 is 11.6 Å². The minimum atomic E-state index is -0.993. The summed E-state index contributed by atoms with van der Waals surface area (Å²) < 4.78 is 16.0. The maximum absolute atomic E-state index is 13.1. The molecule has 0 fully saturated rings. The van der Waals surface area contributed by atoms with Crippen molar-refractivity contribution in [2.24, 2.45) is 7.05 Å². The topological polar surface area (TPSA) is 103 Å². The van der Waals surface area contributed by atoms with Crippen molar-refractivity contribution in [3.8, 4) is 16.9 Å². The molecule has 10 heteroatoms. The maximum Gasteiger partial charge on any atom is 0.352 e. The SMILES string of the molecule is CCNCC.Cc1c2c(nn1C)COCc1ncccc1Cn1c(C(=O)O)c(CCCOc3cccc4ccccc34)c3ccc(Cl)c-2c31. The van der Waals surface area contributed by atoms with Gasteiger partial charge in [-0.15, -0.1) is 0 Å². The molecule has 1 aliphatic rings. The molecule has 0 atom stereocenters. The number of carboxylic acids is 1. The minimum Gasteiger partial charge on any atom is -0.493 e. The first-order valence-electron chi connectivity index (χ1n) is 16.7. The van der Waals surface area contributed by atoms with Gasteiger partial charge in [-0.2, -0.15) is 5.10 Å². The molecule has 0 bridgehead atoms. The Morgan fingerprint density at radius 1 is 0.980 bits per heavy atom. The van der Waals surface area contributed by atoms with E-state index in [1.165, 1.54) is 0 Å². The van der Waals surface area contributed by atoms with Crippen LogP contribution in [0.25, 0.3) is 32.8 Å². The van der Waals surface area contributed by atoms with E-state index in [2.05, 4.69) is 36.3 Å². The molecule has 7 rings (SSSR count). The number of aromatic nitrogens is 4. The number of benzene rings is 3. The molecule has 254 valence electrons. The predicted octanol–water partition coefficient (Wildman–Crippen LogP) is 7.96. The van der Waals surface area contributed by atoms with E-state index < -0.39 is 5.97 Å². The normalized spacial score (nSPS) is 12.5. The van der Waals surface area contributed by atoms with Gasteiger partial charge in [0.2, 0.25) is 0 Å². The van der Waals surface area contributed by atoms with Gasteiger partial charge in [-0.25, -0.2) is 4.79 Å². The van der Waals surface area contributed by atoms with Crippen molar-refractivity contribution in [2.75, 3.05) is 19.7 Å². The van der Waals surface area contributed by atoms with Crippen LogP contribution in [-0.2, 0) is 38.0 Å². The predicted molar refractivity (Wildman–Crippen MR) is 195 cm³/mol. The van der Waals surface area contributed by atoms with Crippen LogP contribution in [0.3, 0.4) is 0 Å². The summed E-state index contributed by atoms with van der Waals surface area (Å²) >= 11 is 6.99. The van der Waals surface area contributed by atoms with E-state index in [-0.39, 0.29) is 18.9 Å². The molecule has 9 nitrogen and oxygen atoms in total. The average Bonchev–Trinajstić information content (AvgIpc) is 3.55. The maximum atomic E-state index is 13.1. The summed E-state index contributed by atoms with van der Waals surface area (Å²) in [6.07, 6.45) is 2.87. The summed E-state index contributed by atoms with van der Waals surface area (Å²) in [6, 6.07) is 21.8. The summed E-state index contributed by atoms with van der Waals surface area (Å²) in [5, 5.41) is 22.1. The monoisotopic (exact) mass is 679 g/mol. The van der Waals surface area contributed by atoms with Crippen LogP contribution in [0, 0.1) is 6.92 Å². The first kappa shape index (κ1) is 34.2. The molecule has 1 aliphatic heterocycles. The molecule has 4 heterocycles. The third-order valence-electron chi connectivity index (χ3n) is 9.01. The van der Waals surface area contributed by atoms with E-state index >= 15 is 0 Å². The van der Waals surface area contributed by atoms with Gasteiger partial charge in [0.15, 0.2) is 0 Å². The Morgan fingerprint density at radius 2 is 1.76 bits per heavy atom. The van der Waals surface area contributed by atoms with E-state index in [9.17, 15) is 9.90 Å². The molecular formula is C39H42ClN5O4. The average molecular weight is 680 g/mol. The highest BCUT2D eigenvalue weighted by atomic mass is 35.5. The summed E-state index contributed by atoms with van der Waals surface area (Å²) in [5.74, 6) is -0.175. The van der Waals surface area contributed by atoms with Crippen LogP contribution in [0.4, 0.5) is 0 Å². The van der Waals surface area contributed by atoms with Gasteiger partial charge in [0.1, 0.15) is 11.4 Å². The van der Waals surface area contributed by atoms with Crippen LogP contribution in [0.5, 0.6) is 5.75 Å². The molecule has 2 N–H and O–H groups in total.